The topological polar surface area (TPSA) is 124 Å². The first-order valence-electron chi connectivity index (χ1n) is 13.7. The van der Waals surface area contributed by atoms with E-state index in [0.717, 1.165) is 28.7 Å². The van der Waals surface area contributed by atoms with Crippen LogP contribution in [0.1, 0.15) is 59.9 Å². The molecule has 0 bridgehead atoms. The molecule has 3 aromatic rings. The van der Waals surface area contributed by atoms with Gasteiger partial charge in [-0.3, -0.25) is 0 Å². The van der Waals surface area contributed by atoms with Crippen molar-refractivity contribution in [2.24, 2.45) is 5.14 Å². The van der Waals surface area contributed by atoms with Crippen molar-refractivity contribution < 1.29 is 27.5 Å². The second-order valence-electron chi connectivity index (χ2n) is 12.4. The summed E-state index contributed by atoms with van der Waals surface area (Å²) in [5.41, 5.74) is 0.961. The second-order valence-corrected chi connectivity index (χ2v) is 13.9. The number of fused-ring (bicyclic) bond motifs is 1. The van der Waals surface area contributed by atoms with Crippen LogP contribution in [0.2, 0.25) is 0 Å². The van der Waals surface area contributed by atoms with Gasteiger partial charge in [0.15, 0.2) is 5.03 Å². The molecule has 41 heavy (non-hydrogen) atoms. The zero-order valence-electron chi connectivity index (χ0n) is 24.6. The van der Waals surface area contributed by atoms with Crippen LogP contribution in [-0.4, -0.2) is 60.4 Å². The van der Waals surface area contributed by atoms with E-state index in [0.29, 0.717) is 30.5 Å². The molecule has 1 amide bonds. The lowest BCUT2D eigenvalue weighted by Crippen LogP contribution is -2.48. The minimum absolute atomic E-state index is 0.108. The normalized spacial score (nSPS) is 15.1. The van der Waals surface area contributed by atoms with Crippen LogP contribution in [0, 0.1) is 0 Å². The highest BCUT2D eigenvalue weighted by Crippen LogP contribution is 2.32. The molecule has 2 N–H and O–H groups in total. The maximum Gasteiger partial charge on any atom is 0.420 e. The fourth-order valence-electron chi connectivity index (χ4n) is 4.96. The quantitative estimate of drug-likeness (QED) is 0.421. The highest BCUT2D eigenvalue weighted by atomic mass is 32.2. The van der Waals surface area contributed by atoms with E-state index in [2.05, 4.69) is 17.0 Å². The summed E-state index contributed by atoms with van der Waals surface area (Å²) in [6.45, 7) is 12.4. The average Bonchev–Trinajstić information content (AvgIpc) is 3.26. The highest BCUT2D eigenvalue weighted by molar-refractivity contribution is 7.89. The van der Waals surface area contributed by atoms with Gasteiger partial charge in [-0.2, -0.15) is 0 Å². The molecule has 2 aromatic carbocycles. The van der Waals surface area contributed by atoms with E-state index in [1.807, 2.05) is 51.1 Å². The Labute approximate surface area is 242 Å². The molecule has 0 radical (unpaired) electrons. The Morgan fingerprint density at radius 1 is 0.902 bits per heavy atom. The molecule has 0 aliphatic carbocycles. The fourth-order valence-corrected chi connectivity index (χ4v) is 5.68. The number of ether oxygens (including phenoxy) is 2. The van der Waals surface area contributed by atoms with E-state index >= 15 is 0 Å². The number of aromatic nitrogens is 1. The van der Waals surface area contributed by atoms with E-state index in [1.165, 1.54) is 6.07 Å². The summed E-state index contributed by atoms with van der Waals surface area (Å²) in [4.78, 5) is 29.7. The number of amides is 1. The van der Waals surface area contributed by atoms with E-state index in [9.17, 15) is 18.0 Å². The van der Waals surface area contributed by atoms with Crippen molar-refractivity contribution in [1.82, 2.24) is 9.47 Å². The molecular formula is C30H40N4O6S. The molecule has 1 aromatic heterocycles. The van der Waals surface area contributed by atoms with Crippen molar-refractivity contribution in [2.75, 3.05) is 18.0 Å². The molecule has 2 heterocycles. The minimum Gasteiger partial charge on any atom is -0.444 e. The maximum absolute atomic E-state index is 13.1. The van der Waals surface area contributed by atoms with Crippen LogP contribution in [-0.2, 0) is 26.0 Å². The van der Waals surface area contributed by atoms with E-state index in [4.69, 9.17) is 14.6 Å². The number of carbonyl (C=O) groups is 2. The molecule has 1 aliphatic rings. The van der Waals surface area contributed by atoms with E-state index < -0.39 is 27.3 Å². The van der Waals surface area contributed by atoms with Crippen molar-refractivity contribution in [3.05, 3.63) is 60.2 Å². The van der Waals surface area contributed by atoms with Gasteiger partial charge in [-0.15, -0.1) is 0 Å². The van der Waals surface area contributed by atoms with Crippen molar-refractivity contribution in [1.29, 1.82) is 0 Å². The van der Waals surface area contributed by atoms with Gasteiger partial charge in [-0.1, -0.05) is 30.3 Å². The number of hydrogen-bond donors (Lipinski definition) is 1. The number of rotatable bonds is 5. The Morgan fingerprint density at radius 3 is 2.05 bits per heavy atom. The van der Waals surface area contributed by atoms with E-state index in [-0.39, 0.29) is 17.2 Å². The predicted molar refractivity (Wildman–Crippen MR) is 158 cm³/mol. The predicted octanol–water partition coefficient (Wildman–Crippen LogP) is 5.48. The smallest absolute Gasteiger partial charge is 0.420 e. The highest BCUT2D eigenvalue weighted by Gasteiger charge is 2.31. The number of benzene rings is 2. The van der Waals surface area contributed by atoms with Crippen LogP contribution in [0.25, 0.3) is 10.9 Å². The Kier molecular flexibility index (Phi) is 8.42. The SMILES string of the molecule is CC(C)(C)OC(=O)N1CCC(N(Cc2ccccc2)c2ccc3c(c2)cc(S(N)(=O)=O)n3C(=O)OC(C)(C)C)CC1. The third-order valence-corrected chi connectivity index (χ3v) is 7.59. The van der Waals surface area contributed by atoms with Gasteiger partial charge >= 0.3 is 12.2 Å². The van der Waals surface area contributed by atoms with Crippen LogP contribution < -0.4 is 10.0 Å². The van der Waals surface area contributed by atoms with Crippen LogP contribution in [0.4, 0.5) is 15.3 Å². The summed E-state index contributed by atoms with van der Waals surface area (Å²) in [6, 6.07) is 17.0. The Balaban J connectivity index is 1.69. The lowest BCUT2D eigenvalue weighted by atomic mass is 10.0. The number of primary sulfonamides is 1. The Hall–Kier alpha value is -3.57. The van der Waals surface area contributed by atoms with Crippen LogP contribution in [0.15, 0.2) is 59.6 Å². The number of likely N-dealkylation sites (tertiary alicyclic amines) is 1. The fraction of sp³-hybridized carbons (Fsp3) is 0.467. The molecule has 1 aliphatic heterocycles. The first kappa shape index (κ1) is 30.4. The van der Waals surface area contributed by atoms with Gasteiger partial charge in [0.05, 0.1) is 5.52 Å². The maximum atomic E-state index is 13.1. The summed E-state index contributed by atoms with van der Waals surface area (Å²) in [5, 5.41) is 5.72. The number of piperidine rings is 1. The monoisotopic (exact) mass is 584 g/mol. The van der Waals surface area contributed by atoms with Gasteiger partial charge in [-0.25, -0.2) is 27.7 Å². The van der Waals surface area contributed by atoms with Crippen LogP contribution in [0.3, 0.4) is 0 Å². The minimum atomic E-state index is -4.23. The molecule has 0 atom stereocenters. The molecule has 4 rings (SSSR count). The molecule has 222 valence electrons. The summed E-state index contributed by atoms with van der Waals surface area (Å²) in [6.07, 6.45) is 0.322. The summed E-state index contributed by atoms with van der Waals surface area (Å²) < 4.78 is 37.0. The number of anilines is 1. The number of sulfonamides is 1. The third kappa shape index (κ3) is 7.59. The summed E-state index contributed by atoms with van der Waals surface area (Å²) in [5.74, 6) is 0. The second kappa shape index (κ2) is 11.4. The first-order chi connectivity index (χ1) is 19.0. The third-order valence-electron chi connectivity index (χ3n) is 6.70. The van der Waals surface area contributed by atoms with Gasteiger partial charge in [0.1, 0.15) is 11.2 Å². The molecular weight excluding hydrogens is 544 g/mol. The van der Waals surface area contributed by atoms with Crippen LogP contribution in [0.5, 0.6) is 0 Å². The molecule has 0 spiro atoms. The van der Waals surface area contributed by atoms with E-state index in [1.54, 1.807) is 31.7 Å². The summed E-state index contributed by atoms with van der Waals surface area (Å²) >= 11 is 0. The average molecular weight is 585 g/mol. The van der Waals surface area contributed by atoms with Crippen molar-refractivity contribution in [3.8, 4) is 0 Å². The molecule has 1 saturated heterocycles. The lowest BCUT2D eigenvalue weighted by molar-refractivity contribution is 0.0204. The largest absolute Gasteiger partial charge is 0.444 e. The standard InChI is InChI=1S/C30H40N4O6S/c1-29(2,3)39-27(35)32-16-14-23(15-17-32)33(20-21-10-8-7-9-11-21)24-12-13-25-22(18-24)19-26(41(31,37)38)34(25)28(36)40-30(4,5)6/h7-13,18-19,23H,14-17,20H2,1-6H3,(H2,31,37,38). The van der Waals surface area contributed by atoms with Gasteiger partial charge in [0, 0.05) is 36.7 Å². The van der Waals surface area contributed by atoms with Crippen molar-refractivity contribution in [2.45, 2.75) is 83.2 Å². The molecule has 10 nitrogen and oxygen atoms in total. The molecule has 0 unspecified atom stereocenters. The van der Waals surface area contributed by atoms with Gasteiger partial charge in [-0.05, 0) is 84.2 Å². The molecule has 1 fully saturated rings. The Bertz CT molecular complexity index is 1510. The molecule has 11 heteroatoms. The number of nitrogens with two attached hydrogens (primary N) is 1. The Morgan fingerprint density at radius 2 is 1.49 bits per heavy atom. The zero-order valence-corrected chi connectivity index (χ0v) is 25.4. The number of nitrogens with zero attached hydrogens (tertiary/aromatic N) is 3. The van der Waals surface area contributed by atoms with Crippen LogP contribution >= 0.6 is 0 Å². The zero-order chi connectivity index (χ0) is 30.2. The first-order valence-corrected chi connectivity index (χ1v) is 15.3. The molecule has 0 saturated carbocycles. The number of hydrogen-bond acceptors (Lipinski definition) is 7. The van der Waals surface area contributed by atoms with Gasteiger partial charge < -0.3 is 19.3 Å². The lowest BCUT2D eigenvalue weighted by Gasteiger charge is -2.40. The van der Waals surface area contributed by atoms with Crippen molar-refractivity contribution in [3.63, 3.8) is 0 Å². The van der Waals surface area contributed by atoms with Crippen molar-refractivity contribution >= 4 is 38.8 Å². The summed E-state index contributed by atoms with van der Waals surface area (Å²) in [7, 11) is -4.23. The van der Waals surface area contributed by atoms with Gasteiger partial charge in [0.25, 0.3) is 10.0 Å². The van der Waals surface area contributed by atoms with Gasteiger partial charge in [0.2, 0.25) is 0 Å². The number of carbonyl (C=O) groups excluding carboxylic acids is 2.